The number of hydrogen-bond acceptors (Lipinski definition) is 4. The first-order chi connectivity index (χ1) is 10.8. The van der Waals surface area contributed by atoms with Crippen LogP contribution in [0.5, 0.6) is 0 Å². The van der Waals surface area contributed by atoms with Crippen molar-refractivity contribution in [1.29, 1.82) is 0 Å². The minimum atomic E-state index is -3.42. The molecule has 0 saturated carbocycles. The summed E-state index contributed by atoms with van der Waals surface area (Å²) in [5.74, 6) is 1.81. The van der Waals surface area contributed by atoms with Crippen molar-refractivity contribution in [3.05, 3.63) is 35.9 Å². The summed E-state index contributed by atoms with van der Waals surface area (Å²) < 4.78 is 23.8. The van der Waals surface area contributed by atoms with Crippen LogP contribution in [0.4, 0.5) is 0 Å². The molecule has 0 aromatic heterocycles. The van der Waals surface area contributed by atoms with Crippen LogP contribution in [0.15, 0.2) is 40.3 Å². The van der Waals surface area contributed by atoms with Crippen molar-refractivity contribution in [3.8, 4) is 12.3 Å². The van der Waals surface area contributed by atoms with Crippen LogP contribution >= 0.6 is 0 Å². The van der Waals surface area contributed by atoms with E-state index in [0.29, 0.717) is 6.42 Å². The molecule has 1 aliphatic heterocycles. The Hall–Kier alpha value is -2.39. The molecule has 120 valence electrons. The van der Waals surface area contributed by atoms with Crippen molar-refractivity contribution in [1.82, 2.24) is 5.43 Å². The first kappa shape index (κ1) is 17.0. The van der Waals surface area contributed by atoms with E-state index in [-0.39, 0.29) is 22.5 Å². The fourth-order valence-corrected chi connectivity index (χ4v) is 3.20. The number of carbonyl (C=O) groups excluding carboxylic acids is 1. The van der Waals surface area contributed by atoms with Gasteiger partial charge in [0.25, 0.3) is 0 Å². The molecule has 2 rings (SSSR count). The van der Waals surface area contributed by atoms with Crippen LogP contribution in [0, 0.1) is 18.3 Å². The van der Waals surface area contributed by atoms with Crippen LogP contribution in [0.2, 0.25) is 0 Å². The maximum Gasteiger partial charge on any atom is 0.240 e. The minimum absolute atomic E-state index is 0.0500. The highest BCUT2D eigenvalue weighted by Gasteiger charge is 2.19. The molecular formula is C17H18N2O3S. The number of hydrazone groups is 1. The van der Waals surface area contributed by atoms with Gasteiger partial charge >= 0.3 is 0 Å². The number of amides is 1. The van der Waals surface area contributed by atoms with Gasteiger partial charge in [-0.2, -0.15) is 5.10 Å². The number of rotatable bonds is 4. The van der Waals surface area contributed by atoms with Gasteiger partial charge in [-0.15, -0.1) is 6.42 Å². The normalized spacial score (nSPS) is 18.8. The lowest BCUT2D eigenvalue weighted by Gasteiger charge is -2.17. The van der Waals surface area contributed by atoms with Gasteiger partial charge in [0.1, 0.15) is 5.75 Å². The van der Waals surface area contributed by atoms with E-state index in [1.807, 2.05) is 19.9 Å². The van der Waals surface area contributed by atoms with Gasteiger partial charge in [0.15, 0.2) is 9.84 Å². The highest BCUT2D eigenvalue weighted by molar-refractivity contribution is 7.91. The van der Waals surface area contributed by atoms with Crippen molar-refractivity contribution < 1.29 is 13.2 Å². The predicted octanol–water partition coefficient (Wildman–Crippen LogP) is 2.01. The number of nitrogens with zero attached hydrogens (tertiary/aromatic N) is 1. The Kier molecular flexibility index (Phi) is 5.02. The van der Waals surface area contributed by atoms with Crippen LogP contribution in [-0.2, 0) is 14.6 Å². The Morgan fingerprint density at radius 2 is 2.09 bits per heavy atom. The van der Waals surface area contributed by atoms with Crippen LogP contribution in [0.1, 0.15) is 25.8 Å². The predicted molar refractivity (Wildman–Crippen MR) is 90.3 cm³/mol. The lowest BCUT2D eigenvalue weighted by molar-refractivity contribution is -0.121. The van der Waals surface area contributed by atoms with Crippen molar-refractivity contribution in [2.45, 2.75) is 25.2 Å². The van der Waals surface area contributed by atoms with Gasteiger partial charge in [0.05, 0.1) is 10.6 Å². The number of hydrogen-bond donors (Lipinski definition) is 1. The number of nitrogens with one attached hydrogen (secondary N) is 1. The molecular weight excluding hydrogens is 312 g/mol. The molecule has 5 nitrogen and oxygen atoms in total. The second-order valence-electron chi connectivity index (χ2n) is 5.49. The molecule has 1 amide bonds. The summed E-state index contributed by atoms with van der Waals surface area (Å²) in [6.45, 7) is 3.85. The fraction of sp³-hybridized carbons (Fsp3) is 0.294. The molecule has 1 aliphatic rings. The summed E-state index contributed by atoms with van der Waals surface area (Å²) in [5, 5.41) is 4.06. The molecule has 1 heterocycles. The minimum Gasteiger partial charge on any atom is -0.273 e. The average Bonchev–Trinajstić information content (AvgIpc) is 2.50. The monoisotopic (exact) mass is 330 g/mol. The van der Waals surface area contributed by atoms with E-state index in [9.17, 15) is 13.2 Å². The Balaban J connectivity index is 2.24. The van der Waals surface area contributed by atoms with Crippen LogP contribution in [0.3, 0.4) is 0 Å². The van der Waals surface area contributed by atoms with E-state index in [1.165, 1.54) is 0 Å². The molecule has 23 heavy (non-hydrogen) atoms. The average molecular weight is 330 g/mol. The zero-order chi connectivity index (χ0) is 17.0. The van der Waals surface area contributed by atoms with E-state index in [4.69, 9.17) is 6.42 Å². The van der Waals surface area contributed by atoms with Gasteiger partial charge < -0.3 is 0 Å². The summed E-state index contributed by atoms with van der Waals surface area (Å²) in [6, 6.07) is 6.57. The molecule has 0 spiro atoms. The maximum absolute atomic E-state index is 11.9. The van der Waals surface area contributed by atoms with Gasteiger partial charge in [-0.05, 0) is 36.3 Å². The van der Waals surface area contributed by atoms with Crippen LogP contribution in [-0.4, -0.2) is 25.8 Å². The lowest BCUT2D eigenvalue weighted by atomic mass is 9.96. The first-order valence-corrected chi connectivity index (χ1v) is 8.80. The molecule has 1 atom stereocenters. The Morgan fingerprint density at radius 1 is 1.43 bits per heavy atom. The molecule has 1 unspecified atom stereocenters. The third-order valence-electron chi connectivity index (χ3n) is 3.61. The zero-order valence-electron chi connectivity index (χ0n) is 13.0. The van der Waals surface area contributed by atoms with Gasteiger partial charge in [0.2, 0.25) is 5.91 Å². The zero-order valence-corrected chi connectivity index (χ0v) is 13.9. The third kappa shape index (κ3) is 4.08. The summed E-state index contributed by atoms with van der Waals surface area (Å²) in [6.07, 6.45) is 7.38. The van der Waals surface area contributed by atoms with Crippen molar-refractivity contribution in [3.63, 3.8) is 0 Å². The third-order valence-corrected chi connectivity index (χ3v) is 5.15. The number of sulfone groups is 1. The van der Waals surface area contributed by atoms with Crippen LogP contribution in [0.25, 0.3) is 5.57 Å². The van der Waals surface area contributed by atoms with Crippen molar-refractivity contribution in [2.24, 2.45) is 11.0 Å². The van der Waals surface area contributed by atoms with Gasteiger partial charge in [0, 0.05) is 12.3 Å². The second-order valence-corrected chi connectivity index (χ2v) is 7.48. The molecule has 1 aromatic carbocycles. The Bertz CT molecular complexity index is 812. The lowest BCUT2D eigenvalue weighted by Crippen LogP contribution is -2.30. The number of allylic oxidation sites excluding steroid dienone is 2. The smallest absolute Gasteiger partial charge is 0.240 e. The SMILES string of the molecule is C#CCS(=O)(=O)c1ccc(C(C)=CC2=NNC(=O)CC2C)cc1. The fourth-order valence-electron chi connectivity index (χ4n) is 2.26. The van der Waals surface area contributed by atoms with Gasteiger partial charge in [-0.3, -0.25) is 4.79 Å². The molecule has 0 radical (unpaired) electrons. The van der Waals surface area contributed by atoms with E-state index in [2.05, 4.69) is 16.4 Å². The van der Waals surface area contributed by atoms with Gasteiger partial charge in [-0.25, -0.2) is 13.8 Å². The van der Waals surface area contributed by atoms with E-state index in [0.717, 1.165) is 16.8 Å². The molecule has 1 aromatic rings. The number of carbonyl (C=O) groups is 1. The topological polar surface area (TPSA) is 75.6 Å². The number of terminal acetylenes is 1. The standard InChI is InChI=1S/C17H18N2O3S/c1-4-9-23(21,22)15-7-5-14(6-8-15)12(2)10-16-13(3)11-17(20)19-18-16/h1,5-8,10,13H,9,11H2,2-3H3,(H,19,20). The summed E-state index contributed by atoms with van der Waals surface area (Å²) in [7, 11) is -3.42. The van der Waals surface area contributed by atoms with Crippen molar-refractivity contribution in [2.75, 3.05) is 5.75 Å². The van der Waals surface area contributed by atoms with E-state index >= 15 is 0 Å². The summed E-state index contributed by atoms with van der Waals surface area (Å²) in [4.78, 5) is 11.5. The summed E-state index contributed by atoms with van der Waals surface area (Å²) >= 11 is 0. The second kappa shape index (κ2) is 6.80. The summed E-state index contributed by atoms with van der Waals surface area (Å²) in [5.41, 5.74) is 5.09. The molecule has 0 saturated heterocycles. The molecule has 0 fully saturated rings. The quantitative estimate of drug-likeness (QED) is 0.858. The largest absolute Gasteiger partial charge is 0.273 e. The van der Waals surface area contributed by atoms with Crippen molar-refractivity contribution >= 4 is 27.0 Å². The van der Waals surface area contributed by atoms with Gasteiger partial charge in [-0.1, -0.05) is 25.0 Å². The molecule has 0 bridgehead atoms. The molecule has 1 N–H and O–H groups in total. The Labute approximate surface area is 136 Å². The molecule has 6 heteroatoms. The highest BCUT2D eigenvalue weighted by Crippen LogP contribution is 2.20. The first-order valence-electron chi connectivity index (χ1n) is 7.15. The Morgan fingerprint density at radius 3 is 2.65 bits per heavy atom. The number of benzene rings is 1. The highest BCUT2D eigenvalue weighted by atomic mass is 32.2. The molecule has 0 aliphatic carbocycles. The maximum atomic E-state index is 11.9. The van der Waals surface area contributed by atoms with Crippen LogP contribution < -0.4 is 5.43 Å². The van der Waals surface area contributed by atoms with E-state index in [1.54, 1.807) is 24.3 Å². The van der Waals surface area contributed by atoms with E-state index < -0.39 is 9.84 Å².